The molecule has 0 saturated carbocycles. The van der Waals surface area contributed by atoms with Crippen molar-refractivity contribution in [2.45, 2.75) is 44.9 Å². The minimum absolute atomic E-state index is 0.208. The number of carboxylic acids is 1. The fraction of sp³-hybridized carbons (Fsp3) is 0.615. The van der Waals surface area contributed by atoms with Gasteiger partial charge in [-0.2, -0.15) is 0 Å². The molecule has 7 heteroatoms. The molecule has 0 aromatic heterocycles. The number of aliphatic imine (C=N–C) groups is 1. The molecule has 0 aliphatic heterocycles. The van der Waals surface area contributed by atoms with Crippen molar-refractivity contribution in [2.24, 2.45) is 10.7 Å². The van der Waals surface area contributed by atoms with Crippen LogP contribution in [0.15, 0.2) is 16.6 Å². The third-order valence-electron chi connectivity index (χ3n) is 3.00. The number of carbonyl (C=O) groups excluding carboxylic acids is 1. The predicted molar refractivity (Wildman–Crippen MR) is 74.4 cm³/mol. The Morgan fingerprint density at radius 2 is 2.35 bits per heavy atom. The molecule has 20 heavy (non-hydrogen) atoms. The molecule has 0 aromatic rings. The number of amides is 1. The predicted octanol–water partition coefficient (Wildman–Crippen LogP) is 0.0566. The van der Waals surface area contributed by atoms with E-state index >= 15 is 0 Å². The Morgan fingerprint density at radius 3 is 2.85 bits per heavy atom. The fourth-order valence-corrected chi connectivity index (χ4v) is 2.17. The van der Waals surface area contributed by atoms with Crippen LogP contribution in [0.5, 0.6) is 0 Å². The van der Waals surface area contributed by atoms with E-state index in [1.807, 2.05) is 6.92 Å². The number of nitrogens with one attached hydrogen (secondary N) is 1. The molecule has 1 rings (SSSR count). The van der Waals surface area contributed by atoms with E-state index in [-0.39, 0.29) is 17.9 Å². The lowest BCUT2D eigenvalue weighted by Gasteiger charge is -2.34. The standard InChI is InChI=1S/C13H21N3O4/c1-3-4-20-11-6-9(13(18)19)5-10(15-7-14)12(11)16-8(2)17/h6-7,10-12H,3-5H2,1-2H3,(H2,14,15)(H,16,17)(H,18,19)/t10-,11+,12+/m0/s1. The van der Waals surface area contributed by atoms with Crippen molar-refractivity contribution in [3.63, 3.8) is 0 Å². The minimum atomic E-state index is -1.01. The first kappa shape index (κ1) is 16.2. The van der Waals surface area contributed by atoms with Crippen LogP contribution in [-0.4, -0.2) is 48.1 Å². The van der Waals surface area contributed by atoms with Gasteiger partial charge in [0.25, 0.3) is 0 Å². The molecular weight excluding hydrogens is 262 g/mol. The maximum absolute atomic E-state index is 11.3. The Balaban J connectivity index is 3.03. The molecule has 0 radical (unpaired) electrons. The van der Waals surface area contributed by atoms with Crippen LogP contribution in [0.25, 0.3) is 0 Å². The van der Waals surface area contributed by atoms with Crippen LogP contribution in [0.3, 0.4) is 0 Å². The minimum Gasteiger partial charge on any atom is -0.478 e. The van der Waals surface area contributed by atoms with Gasteiger partial charge >= 0.3 is 5.97 Å². The van der Waals surface area contributed by atoms with Gasteiger partial charge in [0, 0.05) is 25.5 Å². The zero-order valence-electron chi connectivity index (χ0n) is 11.7. The molecule has 7 nitrogen and oxygen atoms in total. The highest BCUT2D eigenvalue weighted by molar-refractivity contribution is 5.87. The number of carbonyl (C=O) groups is 2. The second-order valence-electron chi connectivity index (χ2n) is 4.63. The number of hydrogen-bond donors (Lipinski definition) is 3. The lowest BCUT2D eigenvalue weighted by Crippen LogP contribution is -2.52. The quantitative estimate of drug-likeness (QED) is 0.471. The van der Waals surface area contributed by atoms with Gasteiger partial charge < -0.3 is 20.9 Å². The van der Waals surface area contributed by atoms with Crippen LogP contribution in [0, 0.1) is 0 Å². The summed E-state index contributed by atoms with van der Waals surface area (Å²) in [5.41, 5.74) is 5.53. The molecule has 0 fully saturated rings. The zero-order valence-corrected chi connectivity index (χ0v) is 11.7. The number of carboxylic acid groups (broad SMARTS) is 1. The largest absolute Gasteiger partial charge is 0.478 e. The molecule has 1 amide bonds. The second-order valence-corrected chi connectivity index (χ2v) is 4.63. The Kier molecular flexibility index (Phi) is 6.17. The highest BCUT2D eigenvalue weighted by Crippen LogP contribution is 2.24. The van der Waals surface area contributed by atoms with E-state index in [2.05, 4.69) is 10.3 Å². The van der Waals surface area contributed by atoms with Gasteiger partial charge in [-0.1, -0.05) is 6.92 Å². The molecule has 0 bridgehead atoms. The van der Waals surface area contributed by atoms with Crippen LogP contribution in [-0.2, 0) is 14.3 Å². The first-order valence-corrected chi connectivity index (χ1v) is 6.55. The van der Waals surface area contributed by atoms with Crippen LogP contribution < -0.4 is 11.1 Å². The first-order chi connectivity index (χ1) is 9.49. The molecule has 112 valence electrons. The molecule has 4 N–H and O–H groups in total. The summed E-state index contributed by atoms with van der Waals surface area (Å²) in [7, 11) is 0. The van der Waals surface area contributed by atoms with E-state index in [1.54, 1.807) is 6.08 Å². The third kappa shape index (κ3) is 4.34. The van der Waals surface area contributed by atoms with Crippen LogP contribution in [0.4, 0.5) is 0 Å². The Bertz CT molecular complexity index is 420. The molecule has 0 unspecified atom stereocenters. The third-order valence-corrected chi connectivity index (χ3v) is 3.00. The highest BCUT2D eigenvalue weighted by atomic mass is 16.5. The first-order valence-electron chi connectivity index (χ1n) is 6.55. The molecule has 0 saturated heterocycles. The molecule has 0 spiro atoms. The molecular formula is C13H21N3O4. The lowest BCUT2D eigenvalue weighted by molar-refractivity contribution is -0.133. The molecule has 0 heterocycles. The molecule has 3 atom stereocenters. The summed E-state index contributed by atoms with van der Waals surface area (Å²) in [6, 6.07) is -0.858. The zero-order chi connectivity index (χ0) is 15.1. The molecule has 1 aliphatic rings. The van der Waals surface area contributed by atoms with E-state index in [0.29, 0.717) is 6.61 Å². The van der Waals surface area contributed by atoms with Crippen molar-refractivity contribution in [1.29, 1.82) is 0 Å². The van der Waals surface area contributed by atoms with E-state index in [1.165, 1.54) is 6.92 Å². The highest BCUT2D eigenvalue weighted by Gasteiger charge is 2.36. The fourth-order valence-electron chi connectivity index (χ4n) is 2.17. The monoisotopic (exact) mass is 283 g/mol. The SMILES string of the molecule is CCCO[C@@H]1C=C(C(=O)O)C[C@H](N=CN)[C@H]1NC(C)=O. The van der Waals surface area contributed by atoms with Crippen molar-refractivity contribution in [1.82, 2.24) is 5.32 Å². The Labute approximate surface area is 117 Å². The smallest absolute Gasteiger partial charge is 0.331 e. The topological polar surface area (TPSA) is 114 Å². The van der Waals surface area contributed by atoms with Gasteiger partial charge in [-0.25, -0.2) is 4.79 Å². The van der Waals surface area contributed by atoms with E-state index < -0.39 is 24.2 Å². The van der Waals surface area contributed by atoms with Gasteiger partial charge in [0.05, 0.1) is 24.5 Å². The average Bonchev–Trinajstić information content (AvgIpc) is 2.38. The second kappa shape index (κ2) is 7.64. The average molecular weight is 283 g/mol. The molecule has 0 aromatic carbocycles. The van der Waals surface area contributed by atoms with Gasteiger partial charge in [0.2, 0.25) is 5.91 Å². The van der Waals surface area contributed by atoms with Crippen molar-refractivity contribution in [3.05, 3.63) is 11.6 Å². The number of aliphatic carboxylic acids is 1. The number of ether oxygens (including phenoxy) is 1. The Hall–Kier alpha value is -1.89. The van der Waals surface area contributed by atoms with Gasteiger partial charge in [0.1, 0.15) is 0 Å². The Morgan fingerprint density at radius 1 is 1.65 bits per heavy atom. The summed E-state index contributed by atoms with van der Waals surface area (Å²) in [6.45, 7) is 3.83. The van der Waals surface area contributed by atoms with Crippen molar-refractivity contribution in [3.8, 4) is 0 Å². The van der Waals surface area contributed by atoms with Crippen molar-refractivity contribution >= 4 is 18.2 Å². The van der Waals surface area contributed by atoms with E-state index in [4.69, 9.17) is 15.6 Å². The van der Waals surface area contributed by atoms with E-state index in [9.17, 15) is 9.59 Å². The van der Waals surface area contributed by atoms with Crippen LogP contribution >= 0.6 is 0 Å². The maximum Gasteiger partial charge on any atom is 0.331 e. The number of nitrogens with two attached hydrogens (primary N) is 1. The van der Waals surface area contributed by atoms with Gasteiger partial charge in [-0.3, -0.25) is 9.79 Å². The number of hydrogen-bond acceptors (Lipinski definition) is 4. The summed E-state index contributed by atoms with van der Waals surface area (Å²) in [5, 5.41) is 11.9. The van der Waals surface area contributed by atoms with Gasteiger partial charge in [-0.05, 0) is 12.5 Å². The normalized spacial score (nSPS) is 26.3. The lowest BCUT2D eigenvalue weighted by atomic mass is 9.88. The maximum atomic E-state index is 11.3. The van der Waals surface area contributed by atoms with Crippen LogP contribution in [0.2, 0.25) is 0 Å². The van der Waals surface area contributed by atoms with Crippen LogP contribution in [0.1, 0.15) is 26.7 Å². The summed E-state index contributed by atoms with van der Waals surface area (Å²) in [6.07, 6.45) is 3.15. The summed E-state index contributed by atoms with van der Waals surface area (Å²) in [5.74, 6) is -1.22. The summed E-state index contributed by atoms with van der Waals surface area (Å²) >= 11 is 0. The van der Waals surface area contributed by atoms with Gasteiger partial charge in [0.15, 0.2) is 0 Å². The van der Waals surface area contributed by atoms with Crippen molar-refractivity contribution in [2.75, 3.05) is 6.61 Å². The molecule has 1 aliphatic carbocycles. The number of nitrogens with zero attached hydrogens (tertiary/aromatic N) is 1. The van der Waals surface area contributed by atoms with E-state index in [0.717, 1.165) is 12.8 Å². The van der Waals surface area contributed by atoms with Gasteiger partial charge in [-0.15, -0.1) is 0 Å². The summed E-state index contributed by atoms with van der Waals surface area (Å²) < 4.78 is 5.63. The summed E-state index contributed by atoms with van der Waals surface area (Å²) in [4.78, 5) is 26.5. The number of rotatable bonds is 6. The van der Waals surface area contributed by atoms with Crippen molar-refractivity contribution < 1.29 is 19.4 Å².